The van der Waals surface area contributed by atoms with Crippen LogP contribution in [0.3, 0.4) is 0 Å². The first kappa shape index (κ1) is 14.1. The molecule has 0 amide bonds. The predicted octanol–water partition coefficient (Wildman–Crippen LogP) is 4.06. The van der Waals surface area contributed by atoms with Crippen molar-refractivity contribution in [2.45, 2.75) is 70.8 Å². The van der Waals surface area contributed by atoms with Gasteiger partial charge >= 0.3 is 0 Å². The molecule has 1 aromatic heterocycles. The van der Waals surface area contributed by atoms with Gasteiger partial charge in [0.05, 0.1) is 0 Å². The molecule has 2 atom stereocenters. The summed E-state index contributed by atoms with van der Waals surface area (Å²) in [7, 11) is 0. The van der Waals surface area contributed by atoms with Crippen molar-refractivity contribution in [3.8, 4) is 0 Å². The van der Waals surface area contributed by atoms with Gasteiger partial charge in [0.15, 0.2) is 0 Å². The van der Waals surface area contributed by atoms with Gasteiger partial charge in [-0.25, -0.2) is 0 Å². The number of hydrogen-bond donors (Lipinski definition) is 1. The van der Waals surface area contributed by atoms with Crippen molar-refractivity contribution in [3.63, 3.8) is 0 Å². The molecule has 1 fully saturated rings. The molecule has 0 saturated heterocycles. The van der Waals surface area contributed by atoms with Gasteiger partial charge in [-0.15, -0.1) is 0 Å². The topological polar surface area (TPSA) is 24.9 Å². The third-order valence-corrected chi connectivity index (χ3v) is 5.52. The van der Waals surface area contributed by atoms with E-state index >= 15 is 0 Å². The molecule has 110 valence electrons. The van der Waals surface area contributed by atoms with Crippen LogP contribution in [0.1, 0.15) is 69.5 Å². The molecule has 0 aromatic carbocycles. The largest absolute Gasteiger partial charge is 0.313 e. The number of aromatic nitrogens is 1. The Morgan fingerprint density at radius 1 is 1.40 bits per heavy atom. The first-order chi connectivity index (χ1) is 9.74. The first-order valence-corrected chi connectivity index (χ1v) is 8.42. The van der Waals surface area contributed by atoms with Crippen molar-refractivity contribution >= 4 is 0 Å². The summed E-state index contributed by atoms with van der Waals surface area (Å²) in [6.45, 7) is 5.91. The fourth-order valence-corrected chi connectivity index (χ4v) is 4.44. The van der Waals surface area contributed by atoms with Crippen LogP contribution >= 0.6 is 0 Å². The highest BCUT2D eigenvalue weighted by Crippen LogP contribution is 2.48. The number of nitrogens with zero attached hydrogens (tertiary/aromatic N) is 1. The van der Waals surface area contributed by atoms with E-state index in [4.69, 9.17) is 4.98 Å². The van der Waals surface area contributed by atoms with Gasteiger partial charge in [0, 0.05) is 23.9 Å². The van der Waals surface area contributed by atoms with Gasteiger partial charge < -0.3 is 5.32 Å². The van der Waals surface area contributed by atoms with Crippen LogP contribution in [0, 0.1) is 5.41 Å². The van der Waals surface area contributed by atoms with E-state index in [0.717, 1.165) is 6.54 Å². The Labute approximate surface area is 123 Å². The molecule has 2 unspecified atom stereocenters. The normalized spacial score (nSPS) is 25.6. The average Bonchev–Trinajstić information content (AvgIpc) is 3.07. The Kier molecular flexibility index (Phi) is 4.11. The summed E-state index contributed by atoms with van der Waals surface area (Å²) in [5.41, 5.74) is 3.34. The number of pyridine rings is 1. The molecule has 1 saturated carbocycles. The second kappa shape index (κ2) is 5.85. The smallest absolute Gasteiger partial charge is 0.0482 e. The van der Waals surface area contributed by atoms with Crippen LogP contribution in [-0.2, 0) is 6.42 Å². The summed E-state index contributed by atoms with van der Waals surface area (Å²) >= 11 is 0. The first-order valence-electron chi connectivity index (χ1n) is 8.42. The molecule has 2 heteroatoms. The lowest BCUT2D eigenvalue weighted by Gasteiger charge is -2.39. The number of aryl methyl sites for hydroxylation is 1. The van der Waals surface area contributed by atoms with Gasteiger partial charge in [-0.2, -0.15) is 0 Å². The van der Waals surface area contributed by atoms with Crippen LogP contribution in [0.4, 0.5) is 0 Å². The van der Waals surface area contributed by atoms with E-state index in [1.165, 1.54) is 56.2 Å². The minimum Gasteiger partial charge on any atom is -0.313 e. The van der Waals surface area contributed by atoms with Crippen molar-refractivity contribution in [2.75, 3.05) is 6.54 Å². The standard InChI is InChI=1S/C18H28N2/c1-3-12-20-17(18(2)10-4-5-11-18)15-9-8-14-7-6-13-19-16(14)15/h6-7,13,15,17,20H,3-5,8-12H2,1-2H3. The molecular formula is C18H28N2. The molecule has 1 N–H and O–H groups in total. The minimum atomic E-state index is 0.471. The zero-order valence-corrected chi connectivity index (χ0v) is 13.0. The van der Waals surface area contributed by atoms with Crippen molar-refractivity contribution in [2.24, 2.45) is 5.41 Å². The molecule has 2 aliphatic carbocycles. The highest BCUT2D eigenvalue weighted by Gasteiger charge is 2.43. The van der Waals surface area contributed by atoms with Gasteiger partial charge in [-0.05, 0) is 55.7 Å². The van der Waals surface area contributed by atoms with E-state index in [0.29, 0.717) is 17.4 Å². The maximum Gasteiger partial charge on any atom is 0.0482 e. The van der Waals surface area contributed by atoms with Crippen molar-refractivity contribution in [3.05, 3.63) is 29.6 Å². The third kappa shape index (κ3) is 2.50. The fourth-order valence-electron chi connectivity index (χ4n) is 4.44. The molecule has 20 heavy (non-hydrogen) atoms. The molecule has 0 bridgehead atoms. The Hall–Kier alpha value is -0.890. The number of fused-ring (bicyclic) bond motifs is 1. The molecular weight excluding hydrogens is 244 g/mol. The van der Waals surface area contributed by atoms with Gasteiger partial charge in [0.1, 0.15) is 0 Å². The minimum absolute atomic E-state index is 0.471. The number of rotatable bonds is 5. The van der Waals surface area contributed by atoms with E-state index in [1.54, 1.807) is 0 Å². The maximum absolute atomic E-state index is 4.73. The van der Waals surface area contributed by atoms with Crippen LogP contribution in [0.2, 0.25) is 0 Å². The van der Waals surface area contributed by atoms with Crippen molar-refractivity contribution in [1.29, 1.82) is 0 Å². The number of hydrogen-bond acceptors (Lipinski definition) is 2. The molecule has 2 aliphatic rings. The van der Waals surface area contributed by atoms with Crippen LogP contribution < -0.4 is 5.32 Å². The van der Waals surface area contributed by atoms with Crippen LogP contribution in [0.15, 0.2) is 18.3 Å². The highest BCUT2D eigenvalue weighted by atomic mass is 15.0. The number of nitrogens with one attached hydrogen (secondary N) is 1. The quantitative estimate of drug-likeness (QED) is 0.874. The Morgan fingerprint density at radius 2 is 2.20 bits per heavy atom. The van der Waals surface area contributed by atoms with Gasteiger partial charge in [0.2, 0.25) is 0 Å². The monoisotopic (exact) mass is 272 g/mol. The van der Waals surface area contributed by atoms with Crippen molar-refractivity contribution < 1.29 is 0 Å². The van der Waals surface area contributed by atoms with E-state index in [1.807, 2.05) is 6.20 Å². The Balaban J connectivity index is 1.86. The predicted molar refractivity (Wildman–Crippen MR) is 84.0 cm³/mol. The average molecular weight is 272 g/mol. The van der Waals surface area contributed by atoms with Gasteiger partial charge in [0.25, 0.3) is 0 Å². The summed E-state index contributed by atoms with van der Waals surface area (Å²) in [5.74, 6) is 0.626. The lowest BCUT2D eigenvalue weighted by Crippen LogP contribution is -2.46. The highest BCUT2D eigenvalue weighted by molar-refractivity contribution is 5.30. The van der Waals surface area contributed by atoms with Crippen LogP contribution in [-0.4, -0.2) is 17.6 Å². The SMILES string of the molecule is CCCNC(C1CCc2cccnc21)C1(C)CCCC1. The molecule has 0 spiro atoms. The zero-order chi connectivity index (χ0) is 14.0. The summed E-state index contributed by atoms with van der Waals surface area (Å²) in [5, 5.41) is 3.89. The van der Waals surface area contributed by atoms with Crippen LogP contribution in [0.5, 0.6) is 0 Å². The summed E-state index contributed by atoms with van der Waals surface area (Å²) in [4.78, 5) is 4.73. The summed E-state index contributed by atoms with van der Waals surface area (Å²) in [6.07, 6.45) is 11.3. The molecule has 3 rings (SSSR count). The second-order valence-electron chi connectivity index (χ2n) is 6.99. The van der Waals surface area contributed by atoms with E-state index in [2.05, 4.69) is 31.3 Å². The van der Waals surface area contributed by atoms with Gasteiger partial charge in [-0.3, -0.25) is 4.98 Å². The van der Waals surface area contributed by atoms with E-state index < -0.39 is 0 Å². The molecule has 2 nitrogen and oxygen atoms in total. The molecule has 1 aromatic rings. The Morgan fingerprint density at radius 3 is 2.95 bits per heavy atom. The maximum atomic E-state index is 4.73. The summed E-state index contributed by atoms with van der Waals surface area (Å²) < 4.78 is 0. The van der Waals surface area contributed by atoms with Crippen LogP contribution in [0.25, 0.3) is 0 Å². The molecule has 0 radical (unpaired) electrons. The van der Waals surface area contributed by atoms with E-state index in [-0.39, 0.29) is 0 Å². The third-order valence-electron chi connectivity index (χ3n) is 5.52. The Bertz CT molecular complexity index is 448. The van der Waals surface area contributed by atoms with Gasteiger partial charge in [-0.1, -0.05) is 32.8 Å². The fraction of sp³-hybridized carbons (Fsp3) is 0.722. The second-order valence-corrected chi connectivity index (χ2v) is 6.99. The molecule has 0 aliphatic heterocycles. The van der Waals surface area contributed by atoms with Crippen molar-refractivity contribution in [1.82, 2.24) is 10.3 Å². The zero-order valence-electron chi connectivity index (χ0n) is 13.0. The summed E-state index contributed by atoms with van der Waals surface area (Å²) in [6, 6.07) is 4.98. The van der Waals surface area contributed by atoms with E-state index in [9.17, 15) is 0 Å². The lowest BCUT2D eigenvalue weighted by molar-refractivity contribution is 0.189. The lowest BCUT2D eigenvalue weighted by atomic mass is 9.73. The molecule has 1 heterocycles.